The molecular formula is C11H18N2OS. The molecule has 0 amide bonds. The van der Waals surface area contributed by atoms with Crippen molar-refractivity contribution in [3.05, 3.63) is 21.9 Å². The Morgan fingerprint density at radius 1 is 1.60 bits per heavy atom. The van der Waals surface area contributed by atoms with E-state index >= 15 is 0 Å². The van der Waals surface area contributed by atoms with Crippen LogP contribution < -0.4 is 11.1 Å². The molecule has 0 spiro atoms. The Kier molecular flexibility index (Phi) is 3.41. The van der Waals surface area contributed by atoms with Gasteiger partial charge in [0.1, 0.15) is 0 Å². The molecule has 1 atom stereocenters. The maximum Gasteiger partial charge on any atom is 0.0659 e. The lowest BCUT2D eigenvalue weighted by molar-refractivity contribution is 0.177. The first-order chi connectivity index (χ1) is 7.18. The molecule has 1 saturated heterocycles. The van der Waals surface area contributed by atoms with Crippen LogP contribution in [0.15, 0.2) is 12.1 Å². The van der Waals surface area contributed by atoms with E-state index in [1.165, 1.54) is 9.75 Å². The summed E-state index contributed by atoms with van der Waals surface area (Å²) in [6.07, 6.45) is 0.962. The normalized spacial score (nSPS) is 26.0. The Hall–Kier alpha value is -0.420. The quantitative estimate of drug-likeness (QED) is 0.812. The molecule has 2 heterocycles. The minimum absolute atomic E-state index is 0.147. The third kappa shape index (κ3) is 3.01. The van der Waals surface area contributed by atoms with Gasteiger partial charge in [0.15, 0.2) is 0 Å². The van der Waals surface area contributed by atoms with Gasteiger partial charge in [-0.1, -0.05) is 0 Å². The molecular weight excluding hydrogens is 208 g/mol. The van der Waals surface area contributed by atoms with Crippen molar-refractivity contribution in [1.82, 2.24) is 5.32 Å². The third-order valence-corrected chi connectivity index (χ3v) is 3.71. The van der Waals surface area contributed by atoms with E-state index in [1.807, 2.05) is 11.3 Å². The lowest BCUT2D eigenvalue weighted by Gasteiger charge is -2.21. The zero-order valence-corrected chi connectivity index (χ0v) is 9.90. The second-order valence-electron chi connectivity index (χ2n) is 4.28. The Balaban J connectivity index is 1.75. The second-order valence-corrected chi connectivity index (χ2v) is 5.65. The first kappa shape index (κ1) is 11.1. The highest BCUT2D eigenvalue weighted by molar-refractivity contribution is 7.11. The van der Waals surface area contributed by atoms with E-state index in [4.69, 9.17) is 10.5 Å². The van der Waals surface area contributed by atoms with Crippen LogP contribution in [-0.2, 0) is 11.3 Å². The Bertz CT molecular complexity index is 318. The molecule has 3 N–H and O–H groups in total. The van der Waals surface area contributed by atoms with E-state index in [1.54, 1.807) is 0 Å². The molecule has 4 heteroatoms. The van der Waals surface area contributed by atoms with E-state index in [2.05, 4.69) is 24.4 Å². The number of hydrogen-bond acceptors (Lipinski definition) is 4. The smallest absolute Gasteiger partial charge is 0.0659 e. The third-order valence-electron chi connectivity index (χ3n) is 2.71. The largest absolute Gasteiger partial charge is 0.379 e. The molecule has 1 aliphatic heterocycles. The first-order valence-electron chi connectivity index (χ1n) is 5.31. The summed E-state index contributed by atoms with van der Waals surface area (Å²) in [6.45, 7) is 5.37. The average Bonchev–Trinajstić information content (AvgIpc) is 2.76. The average molecular weight is 226 g/mol. The van der Waals surface area contributed by atoms with Crippen LogP contribution in [0.1, 0.15) is 16.2 Å². The van der Waals surface area contributed by atoms with Crippen molar-refractivity contribution in [3.63, 3.8) is 0 Å². The van der Waals surface area contributed by atoms with Gasteiger partial charge in [-0.05, 0) is 25.5 Å². The molecule has 1 fully saturated rings. The van der Waals surface area contributed by atoms with Crippen LogP contribution in [0.25, 0.3) is 0 Å². The van der Waals surface area contributed by atoms with Gasteiger partial charge in [-0.3, -0.25) is 0 Å². The van der Waals surface area contributed by atoms with Crippen LogP contribution in [0.4, 0.5) is 0 Å². The summed E-state index contributed by atoms with van der Waals surface area (Å²) in [4.78, 5) is 2.73. The molecule has 3 nitrogen and oxygen atoms in total. The van der Waals surface area contributed by atoms with E-state index in [9.17, 15) is 0 Å². The minimum Gasteiger partial charge on any atom is -0.379 e. The zero-order valence-electron chi connectivity index (χ0n) is 9.08. The SMILES string of the molecule is Cc1ccc(CNCC2(N)CCOC2)s1. The van der Waals surface area contributed by atoms with Crippen LogP contribution in [-0.4, -0.2) is 25.3 Å². The number of ether oxygens (including phenoxy) is 1. The fourth-order valence-corrected chi connectivity index (χ4v) is 2.64. The number of aryl methyl sites for hydroxylation is 1. The number of rotatable bonds is 4. The summed E-state index contributed by atoms with van der Waals surface area (Å²) in [6, 6.07) is 4.32. The summed E-state index contributed by atoms with van der Waals surface area (Å²) in [5.74, 6) is 0. The topological polar surface area (TPSA) is 47.3 Å². The minimum atomic E-state index is -0.147. The fourth-order valence-electron chi connectivity index (χ4n) is 1.78. The Labute approximate surface area is 94.6 Å². The first-order valence-corrected chi connectivity index (χ1v) is 6.12. The van der Waals surface area contributed by atoms with E-state index < -0.39 is 0 Å². The summed E-state index contributed by atoms with van der Waals surface area (Å²) in [7, 11) is 0. The highest BCUT2D eigenvalue weighted by Crippen LogP contribution is 2.16. The van der Waals surface area contributed by atoms with Gasteiger partial charge in [0, 0.05) is 29.5 Å². The standard InChI is InChI=1S/C11H18N2OS/c1-9-2-3-10(15-9)6-13-7-11(12)4-5-14-8-11/h2-3,13H,4-8,12H2,1H3. The lowest BCUT2D eigenvalue weighted by Crippen LogP contribution is -2.49. The second kappa shape index (κ2) is 4.61. The molecule has 0 aliphatic carbocycles. The van der Waals surface area contributed by atoms with Crippen LogP contribution in [0, 0.1) is 6.92 Å². The number of nitrogens with one attached hydrogen (secondary N) is 1. The van der Waals surface area contributed by atoms with Crippen LogP contribution in [0.2, 0.25) is 0 Å². The molecule has 1 aliphatic rings. The summed E-state index contributed by atoms with van der Waals surface area (Å²) >= 11 is 1.83. The van der Waals surface area contributed by atoms with Crippen molar-refractivity contribution in [2.75, 3.05) is 19.8 Å². The van der Waals surface area contributed by atoms with Gasteiger partial charge in [-0.2, -0.15) is 0 Å². The van der Waals surface area contributed by atoms with Crippen molar-refractivity contribution < 1.29 is 4.74 Å². The zero-order chi connectivity index (χ0) is 10.7. The monoisotopic (exact) mass is 226 g/mol. The number of hydrogen-bond donors (Lipinski definition) is 2. The molecule has 1 unspecified atom stereocenters. The fraction of sp³-hybridized carbons (Fsp3) is 0.636. The molecule has 0 bridgehead atoms. The van der Waals surface area contributed by atoms with Gasteiger partial charge >= 0.3 is 0 Å². The van der Waals surface area contributed by atoms with Gasteiger partial charge in [-0.25, -0.2) is 0 Å². The summed E-state index contributed by atoms with van der Waals surface area (Å²) < 4.78 is 5.30. The van der Waals surface area contributed by atoms with Gasteiger partial charge < -0.3 is 15.8 Å². The van der Waals surface area contributed by atoms with Crippen LogP contribution >= 0.6 is 11.3 Å². The Morgan fingerprint density at radius 3 is 3.07 bits per heavy atom. The van der Waals surface area contributed by atoms with Gasteiger partial charge in [-0.15, -0.1) is 11.3 Å². The van der Waals surface area contributed by atoms with Crippen molar-refractivity contribution in [3.8, 4) is 0 Å². The van der Waals surface area contributed by atoms with Crippen molar-refractivity contribution in [2.45, 2.75) is 25.4 Å². The molecule has 0 saturated carbocycles. The molecule has 0 aromatic carbocycles. The predicted octanol–water partition coefficient (Wildman–Crippen LogP) is 1.26. The molecule has 84 valence electrons. The number of nitrogens with two attached hydrogens (primary N) is 1. The van der Waals surface area contributed by atoms with E-state index in [-0.39, 0.29) is 5.54 Å². The van der Waals surface area contributed by atoms with Crippen LogP contribution in [0.5, 0.6) is 0 Å². The Morgan fingerprint density at radius 2 is 2.47 bits per heavy atom. The van der Waals surface area contributed by atoms with E-state index in [0.717, 1.165) is 26.1 Å². The van der Waals surface area contributed by atoms with Gasteiger partial charge in [0.05, 0.1) is 12.1 Å². The van der Waals surface area contributed by atoms with E-state index in [0.29, 0.717) is 6.61 Å². The molecule has 0 radical (unpaired) electrons. The van der Waals surface area contributed by atoms with Crippen molar-refractivity contribution in [2.24, 2.45) is 5.73 Å². The summed E-state index contributed by atoms with van der Waals surface area (Å²) in [5, 5.41) is 3.40. The summed E-state index contributed by atoms with van der Waals surface area (Å²) in [5.41, 5.74) is 6.00. The maximum absolute atomic E-state index is 6.14. The highest BCUT2D eigenvalue weighted by atomic mass is 32.1. The van der Waals surface area contributed by atoms with Crippen LogP contribution in [0.3, 0.4) is 0 Å². The predicted molar refractivity (Wildman–Crippen MR) is 63.1 cm³/mol. The van der Waals surface area contributed by atoms with Gasteiger partial charge in [0.2, 0.25) is 0 Å². The maximum atomic E-state index is 6.14. The highest BCUT2D eigenvalue weighted by Gasteiger charge is 2.29. The van der Waals surface area contributed by atoms with Crippen molar-refractivity contribution in [1.29, 1.82) is 0 Å². The lowest BCUT2D eigenvalue weighted by atomic mass is 10.0. The molecule has 15 heavy (non-hydrogen) atoms. The number of thiophene rings is 1. The molecule has 1 aromatic rings. The molecule has 2 rings (SSSR count). The van der Waals surface area contributed by atoms with Gasteiger partial charge in [0.25, 0.3) is 0 Å². The van der Waals surface area contributed by atoms with Crippen molar-refractivity contribution >= 4 is 11.3 Å². The molecule has 1 aromatic heterocycles.